The number of nitrogens with zero attached hydrogens (tertiary/aromatic N) is 1. The number of para-hydroxylation sites is 2. The van der Waals surface area contributed by atoms with E-state index in [-0.39, 0.29) is 11.9 Å². The lowest BCUT2D eigenvalue weighted by atomic mass is 9.93. The monoisotopic (exact) mass is 407 g/mol. The van der Waals surface area contributed by atoms with Gasteiger partial charge in [-0.15, -0.1) is 11.3 Å². The van der Waals surface area contributed by atoms with Gasteiger partial charge in [-0.1, -0.05) is 66.4 Å². The fraction of sp³-hybridized carbons (Fsp3) is 0.0476. The molecule has 132 valence electrons. The zero-order valence-electron chi connectivity index (χ0n) is 14.0. The molecule has 1 fully saturated rings. The third-order valence-electron chi connectivity index (χ3n) is 4.55. The van der Waals surface area contributed by atoms with E-state index < -0.39 is 0 Å². The topological polar surface area (TPSA) is 29.5 Å². The summed E-state index contributed by atoms with van der Waals surface area (Å²) >= 11 is 8.58. The Hall–Kier alpha value is -2.41. The zero-order valence-corrected chi connectivity index (χ0v) is 16.4. The van der Waals surface area contributed by atoms with Crippen molar-refractivity contribution in [2.45, 2.75) is 6.04 Å². The predicted molar refractivity (Wildman–Crippen MR) is 114 cm³/mol. The van der Waals surface area contributed by atoms with Crippen molar-refractivity contribution in [2.24, 2.45) is 0 Å². The number of thiocarbonyl (C=S) groups is 1. The molecular formula is C21H13NO2S3. The number of rotatable bonds is 2. The fourth-order valence-corrected chi connectivity index (χ4v) is 5.40. The molecule has 2 aromatic carbocycles. The fourth-order valence-electron chi connectivity index (χ4n) is 3.37. The van der Waals surface area contributed by atoms with Crippen LogP contribution in [-0.2, 0) is 4.79 Å². The maximum atomic E-state index is 13.3. The Kier molecular flexibility index (Phi) is 4.11. The van der Waals surface area contributed by atoms with Crippen LogP contribution in [0, 0.1) is 0 Å². The molecule has 3 heterocycles. The summed E-state index contributed by atoms with van der Waals surface area (Å²) in [6.45, 7) is 0. The second-order valence-electron chi connectivity index (χ2n) is 6.15. The van der Waals surface area contributed by atoms with Crippen LogP contribution < -0.4 is 4.74 Å². The number of carbonyl (C=O) groups excluding carboxylic acids is 1. The van der Waals surface area contributed by atoms with Crippen molar-refractivity contribution in [3.05, 3.63) is 87.0 Å². The van der Waals surface area contributed by atoms with Gasteiger partial charge in [0.25, 0.3) is 5.91 Å². The van der Waals surface area contributed by atoms with Gasteiger partial charge in [0.15, 0.2) is 0 Å². The van der Waals surface area contributed by atoms with Gasteiger partial charge in [0.05, 0.1) is 10.9 Å². The Bertz CT molecular complexity index is 1040. The van der Waals surface area contributed by atoms with Crippen LogP contribution in [0.2, 0.25) is 0 Å². The maximum absolute atomic E-state index is 13.3. The quantitative estimate of drug-likeness (QED) is 0.394. The van der Waals surface area contributed by atoms with E-state index in [1.54, 1.807) is 16.2 Å². The van der Waals surface area contributed by atoms with E-state index in [1.165, 1.54) is 11.8 Å². The first-order chi connectivity index (χ1) is 13.2. The molecular weight excluding hydrogens is 394 g/mol. The highest BCUT2D eigenvalue weighted by Crippen LogP contribution is 2.49. The van der Waals surface area contributed by atoms with Crippen LogP contribution in [0.15, 0.2) is 70.9 Å². The maximum Gasteiger partial charge on any atom is 0.267 e. The highest BCUT2D eigenvalue weighted by molar-refractivity contribution is 8.26. The molecule has 1 aromatic heterocycles. The highest BCUT2D eigenvalue weighted by atomic mass is 32.2. The molecule has 2 aliphatic heterocycles. The third kappa shape index (κ3) is 2.81. The molecule has 0 aliphatic carbocycles. The van der Waals surface area contributed by atoms with Gasteiger partial charge in [0.1, 0.15) is 15.8 Å². The lowest BCUT2D eigenvalue weighted by Crippen LogP contribution is -2.34. The van der Waals surface area contributed by atoms with Crippen molar-refractivity contribution in [3.63, 3.8) is 0 Å². The van der Waals surface area contributed by atoms with E-state index >= 15 is 0 Å². The number of fused-ring (bicyclic) bond motifs is 2. The van der Waals surface area contributed by atoms with Crippen LogP contribution in [-0.4, -0.2) is 15.1 Å². The number of benzene rings is 2. The molecule has 0 spiro atoms. The number of hydrogen-bond donors (Lipinski definition) is 0. The van der Waals surface area contributed by atoms with Crippen LogP contribution >= 0.6 is 35.3 Å². The van der Waals surface area contributed by atoms with Crippen LogP contribution in [0.5, 0.6) is 11.5 Å². The summed E-state index contributed by atoms with van der Waals surface area (Å²) in [5.41, 5.74) is 1.90. The normalized spacial score (nSPS) is 17.8. The van der Waals surface area contributed by atoms with Crippen LogP contribution in [0.25, 0.3) is 6.08 Å². The van der Waals surface area contributed by atoms with E-state index in [4.69, 9.17) is 17.0 Å². The van der Waals surface area contributed by atoms with E-state index in [0.717, 1.165) is 27.5 Å². The Labute approximate surface area is 170 Å². The lowest BCUT2D eigenvalue weighted by Gasteiger charge is -2.33. The van der Waals surface area contributed by atoms with Gasteiger partial charge in [-0.2, -0.15) is 0 Å². The average molecular weight is 408 g/mol. The van der Waals surface area contributed by atoms with Gasteiger partial charge in [-0.25, -0.2) is 0 Å². The van der Waals surface area contributed by atoms with E-state index in [1.807, 2.05) is 72.1 Å². The first-order valence-corrected chi connectivity index (χ1v) is 10.5. The van der Waals surface area contributed by atoms with E-state index in [2.05, 4.69) is 0 Å². The largest absolute Gasteiger partial charge is 0.457 e. The third-order valence-corrected chi connectivity index (χ3v) is 6.70. The highest BCUT2D eigenvalue weighted by Gasteiger charge is 2.42. The lowest BCUT2D eigenvalue weighted by molar-refractivity contribution is -0.123. The number of hydrogen-bond acceptors (Lipinski definition) is 5. The molecule has 0 radical (unpaired) electrons. The molecule has 5 rings (SSSR count). The Morgan fingerprint density at radius 3 is 2.26 bits per heavy atom. The van der Waals surface area contributed by atoms with E-state index in [9.17, 15) is 4.79 Å². The summed E-state index contributed by atoms with van der Waals surface area (Å²) in [5, 5.41) is 2.00. The Balaban J connectivity index is 1.62. The first-order valence-electron chi connectivity index (χ1n) is 8.38. The van der Waals surface area contributed by atoms with Gasteiger partial charge in [-0.05, 0) is 29.7 Å². The SMILES string of the molecule is O=C1/C(=C\c2cccs2)SC(=S)N1C1c2ccccc2Oc2ccccc21. The summed E-state index contributed by atoms with van der Waals surface area (Å²) in [6, 6.07) is 19.3. The van der Waals surface area contributed by atoms with Crippen molar-refractivity contribution in [2.75, 3.05) is 0 Å². The number of thiophene rings is 1. The average Bonchev–Trinajstić information content (AvgIpc) is 3.29. The summed E-state index contributed by atoms with van der Waals surface area (Å²) in [6.07, 6.45) is 1.92. The molecule has 1 saturated heterocycles. The van der Waals surface area contributed by atoms with Gasteiger partial charge in [0, 0.05) is 16.0 Å². The van der Waals surface area contributed by atoms with E-state index in [0.29, 0.717) is 9.23 Å². The summed E-state index contributed by atoms with van der Waals surface area (Å²) in [5.74, 6) is 1.46. The number of carbonyl (C=O) groups is 1. The predicted octanol–water partition coefficient (Wildman–Crippen LogP) is 5.84. The van der Waals surface area contributed by atoms with Crippen LogP contribution in [0.3, 0.4) is 0 Å². The molecule has 6 heteroatoms. The summed E-state index contributed by atoms with van der Waals surface area (Å²) in [4.78, 5) is 16.7. The second-order valence-corrected chi connectivity index (χ2v) is 8.80. The van der Waals surface area contributed by atoms with Gasteiger partial charge in [-0.3, -0.25) is 9.69 Å². The molecule has 0 unspecified atom stereocenters. The number of amides is 1. The molecule has 0 N–H and O–H groups in total. The Morgan fingerprint density at radius 2 is 1.63 bits per heavy atom. The van der Waals surface area contributed by atoms with Gasteiger partial charge >= 0.3 is 0 Å². The number of thioether (sulfide) groups is 1. The molecule has 0 bridgehead atoms. The minimum absolute atomic E-state index is 0.0603. The molecule has 0 atom stereocenters. The molecule has 0 saturated carbocycles. The smallest absolute Gasteiger partial charge is 0.267 e. The Morgan fingerprint density at radius 1 is 0.963 bits per heavy atom. The standard InChI is InChI=1S/C21H13NO2S3/c23-20-18(12-13-6-5-11-26-13)27-21(25)22(20)19-14-7-1-3-9-16(14)24-17-10-4-2-8-15(17)19/h1-12,19H/b18-12+. The summed E-state index contributed by atoms with van der Waals surface area (Å²) < 4.78 is 6.62. The van der Waals surface area contributed by atoms with Crippen molar-refractivity contribution in [3.8, 4) is 11.5 Å². The van der Waals surface area contributed by atoms with Gasteiger partial charge in [0.2, 0.25) is 0 Å². The second kappa shape index (κ2) is 6.64. The number of ether oxygens (including phenoxy) is 1. The minimum Gasteiger partial charge on any atom is -0.457 e. The van der Waals surface area contributed by atoms with Crippen molar-refractivity contribution in [1.82, 2.24) is 4.90 Å². The van der Waals surface area contributed by atoms with Crippen molar-refractivity contribution in [1.29, 1.82) is 0 Å². The van der Waals surface area contributed by atoms with Crippen molar-refractivity contribution < 1.29 is 9.53 Å². The minimum atomic E-state index is -0.284. The molecule has 1 amide bonds. The van der Waals surface area contributed by atoms with Gasteiger partial charge < -0.3 is 4.74 Å². The summed E-state index contributed by atoms with van der Waals surface area (Å²) in [7, 11) is 0. The molecule has 3 nitrogen and oxygen atoms in total. The van der Waals surface area contributed by atoms with Crippen LogP contribution in [0.4, 0.5) is 0 Å². The molecule has 3 aromatic rings. The zero-order chi connectivity index (χ0) is 18.4. The first kappa shape index (κ1) is 16.7. The molecule has 2 aliphatic rings. The van der Waals surface area contributed by atoms with Crippen LogP contribution in [0.1, 0.15) is 22.0 Å². The molecule has 27 heavy (non-hydrogen) atoms. The van der Waals surface area contributed by atoms with Crippen molar-refractivity contribution >= 4 is 51.6 Å².